The molecule has 0 bridgehead atoms. The normalized spacial score (nSPS) is 12.0. The number of aliphatic imine (C=N–C) groups is 1. The van der Waals surface area contributed by atoms with Crippen molar-refractivity contribution in [3.63, 3.8) is 0 Å². The molecule has 0 aliphatic rings. The fourth-order valence-electron chi connectivity index (χ4n) is 2.35. The minimum Gasteiger partial charge on any atom is -0.363 e. The van der Waals surface area contributed by atoms with Crippen molar-refractivity contribution in [2.24, 2.45) is 4.99 Å². The van der Waals surface area contributed by atoms with Gasteiger partial charge >= 0.3 is 0 Å². The second-order valence-corrected chi connectivity index (χ2v) is 5.85. The zero-order valence-corrected chi connectivity index (χ0v) is 15.9. The largest absolute Gasteiger partial charge is 0.363 e. The molecule has 1 aromatic carbocycles. The maximum atomic E-state index is 13.1. The summed E-state index contributed by atoms with van der Waals surface area (Å²) in [5.74, 6) is -0.454. The molecular weight excluding hydrogens is 407 g/mol. The number of hydrogen-bond acceptors (Lipinski definition) is 9. The van der Waals surface area contributed by atoms with Gasteiger partial charge in [-0.2, -0.15) is 5.26 Å². The SMILES string of the molecule is [H]/N=C(/c1nonc1NCCN/C(=N\C#N)Nc1cccnc1)N(O)c1ccc(F)cc1. The third kappa shape index (κ3) is 5.71. The highest BCUT2D eigenvalue weighted by atomic mass is 19.1. The van der Waals surface area contributed by atoms with E-state index in [1.54, 1.807) is 30.7 Å². The van der Waals surface area contributed by atoms with Crippen LogP contribution in [0.1, 0.15) is 5.69 Å². The van der Waals surface area contributed by atoms with E-state index in [-0.39, 0.29) is 35.5 Å². The predicted octanol–water partition coefficient (Wildman–Crippen LogP) is 1.78. The van der Waals surface area contributed by atoms with Gasteiger partial charge in [-0.15, -0.1) is 4.99 Å². The van der Waals surface area contributed by atoms with Gasteiger partial charge in [-0.3, -0.25) is 15.6 Å². The van der Waals surface area contributed by atoms with E-state index in [4.69, 9.17) is 11.3 Å². The Kier molecular flexibility index (Phi) is 6.54. The van der Waals surface area contributed by atoms with Crippen molar-refractivity contribution in [2.75, 3.05) is 28.8 Å². The number of nitrogens with zero attached hydrogens (tertiary/aromatic N) is 6. The third-order valence-corrected chi connectivity index (χ3v) is 3.77. The van der Waals surface area contributed by atoms with Gasteiger partial charge in [-0.1, -0.05) is 0 Å². The molecule has 0 atom stereocenters. The summed E-state index contributed by atoms with van der Waals surface area (Å²) < 4.78 is 25.2. The summed E-state index contributed by atoms with van der Waals surface area (Å²) in [5, 5.41) is 39.2. The molecule has 3 rings (SSSR count). The van der Waals surface area contributed by atoms with Crippen LogP contribution in [0.3, 0.4) is 0 Å². The molecule has 0 saturated carbocycles. The number of hydrogen-bond donors (Lipinski definition) is 5. The van der Waals surface area contributed by atoms with E-state index in [2.05, 4.69) is 41.6 Å². The van der Waals surface area contributed by atoms with Crippen LogP contribution in [0, 0.1) is 22.7 Å². The minimum atomic E-state index is -0.484. The summed E-state index contributed by atoms with van der Waals surface area (Å²) >= 11 is 0. The average molecular weight is 424 g/mol. The molecule has 0 spiro atoms. The zero-order chi connectivity index (χ0) is 22.8. The number of anilines is 3. The van der Waals surface area contributed by atoms with E-state index in [0.717, 1.165) is 12.1 Å². The number of pyridine rings is 1. The number of nitriles is 1. The topological polar surface area (TPSA) is 171 Å². The van der Waals surface area contributed by atoms with E-state index < -0.39 is 5.82 Å². The Morgan fingerprint density at radius 3 is 2.87 bits per heavy atom. The number of guanidine groups is 1. The van der Waals surface area contributed by atoms with E-state index in [1.165, 1.54) is 12.1 Å². The van der Waals surface area contributed by atoms with Crippen molar-refractivity contribution in [2.45, 2.75) is 0 Å². The summed E-state index contributed by atoms with van der Waals surface area (Å²) in [6.45, 7) is 0.571. The van der Waals surface area contributed by atoms with Crippen LogP contribution in [0.25, 0.3) is 0 Å². The molecule has 0 aliphatic heterocycles. The highest BCUT2D eigenvalue weighted by Gasteiger charge is 2.21. The number of aromatic nitrogens is 3. The van der Waals surface area contributed by atoms with E-state index in [1.807, 2.05) is 0 Å². The fourth-order valence-corrected chi connectivity index (χ4v) is 2.35. The first-order chi connectivity index (χ1) is 15.6. The standard InChI is InChI=1S/C18H17FN10O2/c19-12-3-5-14(6-4-12)29(30)16(21)15-17(28-31-27-15)23-8-9-24-18(25-11-20)26-13-2-1-7-22-10-13/h1-7,10,21,30H,8-9H2,(H,23,28)(H2,24,25,26)/b21-16-. The molecule has 0 radical (unpaired) electrons. The first kappa shape index (κ1) is 19.7. The lowest BCUT2D eigenvalue weighted by molar-refractivity contribution is 0.300. The second kappa shape index (κ2) is 10.3. The van der Waals surface area contributed by atoms with Crippen LogP contribution in [0.2, 0.25) is 1.41 Å². The summed E-state index contributed by atoms with van der Waals surface area (Å²) in [4.78, 5) is 7.63. The number of rotatable bonds is 7. The van der Waals surface area contributed by atoms with E-state index in [9.17, 15) is 9.60 Å². The first-order valence-electron chi connectivity index (χ1n) is 9.28. The van der Waals surface area contributed by atoms with Crippen LogP contribution in [-0.2, 0) is 0 Å². The molecule has 2 aromatic heterocycles. The molecule has 158 valence electrons. The van der Waals surface area contributed by atoms with Gasteiger partial charge in [0.15, 0.2) is 12.9 Å². The Morgan fingerprint density at radius 2 is 2.16 bits per heavy atom. The van der Waals surface area contributed by atoms with Crippen LogP contribution in [-0.4, -0.2) is 45.4 Å². The lowest BCUT2D eigenvalue weighted by Crippen LogP contribution is -2.34. The highest BCUT2D eigenvalue weighted by molar-refractivity contribution is 6.07. The lowest BCUT2D eigenvalue weighted by Gasteiger charge is -2.16. The Morgan fingerprint density at radius 1 is 1.32 bits per heavy atom. The molecular formula is C18H17FN10O2. The predicted molar refractivity (Wildman–Crippen MR) is 109 cm³/mol. The van der Waals surface area contributed by atoms with Gasteiger partial charge in [0.2, 0.25) is 18.0 Å². The quantitative estimate of drug-likeness (QED) is 0.124. The Balaban J connectivity index is 1.60. The average Bonchev–Trinajstić information content (AvgIpc) is 3.26. The summed E-state index contributed by atoms with van der Waals surface area (Å²) in [7, 11) is 0. The Labute approximate surface area is 176 Å². The maximum absolute atomic E-state index is 13.1. The molecule has 31 heavy (non-hydrogen) atoms. The molecule has 0 unspecified atom stereocenters. The molecule has 0 fully saturated rings. The second-order valence-electron chi connectivity index (χ2n) is 5.85. The van der Waals surface area contributed by atoms with Gasteiger partial charge < -0.3 is 16.0 Å². The monoisotopic (exact) mass is 424 g/mol. The molecule has 13 heteroatoms. The third-order valence-electron chi connectivity index (χ3n) is 3.77. The van der Waals surface area contributed by atoms with Gasteiger partial charge in [0.05, 0.1) is 17.6 Å². The lowest BCUT2D eigenvalue weighted by atomic mass is 10.3. The van der Waals surface area contributed by atoms with Crippen LogP contribution >= 0.6 is 0 Å². The molecule has 3 aromatic rings. The Hall–Kier alpha value is -4.57. The van der Waals surface area contributed by atoms with Gasteiger partial charge in [-0.05, 0) is 46.7 Å². The Bertz CT molecular complexity index is 1110. The molecule has 0 saturated heterocycles. The van der Waals surface area contributed by atoms with Crippen molar-refractivity contribution in [1.29, 1.82) is 10.7 Å². The molecule has 2 heterocycles. The van der Waals surface area contributed by atoms with Crippen LogP contribution in [0.5, 0.6) is 0 Å². The number of halogens is 1. The fraction of sp³-hybridized carbons (Fsp3) is 0.111. The van der Waals surface area contributed by atoms with Gasteiger partial charge in [0, 0.05) is 19.3 Å². The molecule has 12 nitrogen and oxygen atoms in total. The van der Waals surface area contributed by atoms with Crippen molar-refractivity contribution >= 4 is 29.0 Å². The zero-order valence-electron chi connectivity index (χ0n) is 16.9. The van der Waals surface area contributed by atoms with E-state index >= 15 is 0 Å². The number of amidine groups is 1. The van der Waals surface area contributed by atoms with Crippen LogP contribution in [0.15, 0.2) is 58.4 Å². The molecule has 0 aliphatic carbocycles. The van der Waals surface area contributed by atoms with Crippen LogP contribution < -0.4 is 21.0 Å². The van der Waals surface area contributed by atoms with Gasteiger partial charge in [0.25, 0.3) is 0 Å². The van der Waals surface area contributed by atoms with Crippen molar-refractivity contribution in [3.8, 4) is 6.19 Å². The molecule has 5 N–H and O–H groups in total. The number of hydroxylamine groups is 1. The van der Waals surface area contributed by atoms with Crippen molar-refractivity contribution < 1.29 is 15.6 Å². The number of benzene rings is 1. The highest BCUT2D eigenvalue weighted by Crippen LogP contribution is 2.18. The summed E-state index contributed by atoms with van der Waals surface area (Å²) in [6, 6.07) is 8.38. The minimum absolute atomic E-state index is 0.0359. The number of nitrogens with one attached hydrogen (secondary N) is 4. The van der Waals surface area contributed by atoms with Gasteiger partial charge in [0.1, 0.15) is 5.82 Å². The van der Waals surface area contributed by atoms with Crippen molar-refractivity contribution in [1.82, 2.24) is 20.6 Å². The summed E-state index contributed by atoms with van der Waals surface area (Å²) in [6.07, 6.45) is 4.89. The maximum Gasteiger partial charge on any atom is 0.211 e. The van der Waals surface area contributed by atoms with Crippen molar-refractivity contribution in [3.05, 3.63) is 60.3 Å². The van der Waals surface area contributed by atoms with E-state index in [0.29, 0.717) is 17.3 Å². The van der Waals surface area contributed by atoms with Crippen LogP contribution in [0.4, 0.5) is 21.6 Å². The smallest absolute Gasteiger partial charge is 0.211 e. The summed E-state index contributed by atoms with van der Waals surface area (Å²) in [5.41, 5.74) is 0.767. The first-order valence-corrected chi connectivity index (χ1v) is 8.83. The molecule has 0 amide bonds. The van der Waals surface area contributed by atoms with Gasteiger partial charge in [-0.25, -0.2) is 14.1 Å².